The largest absolute Gasteiger partial charge is 0.268 e. The second-order valence-corrected chi connectivity index (χ2v) is 8.67. The second kappa shape index (κ2) is 6.52. The number of aromatic nitrogens is 4. The van der Waals surface area contributed by atoms with Gasteiger partial charge in [-0.2, -0.15) is 10.2 Å². The average molecular weight is 361 g/mol. The fourth-order valence-corrected chi connectivity index (χ4v) is 3.68. The van der Waals surface area contributed by atoms with Crippen LogP contribution in [0.5, 0.6) is 0 Å². The van der Waals surface area contributed by atoms with Gasteiger partial charge in [-0.1, -0.05) is 45.9 Å². The minimum absolute atomic E-state index is 0.162. The number of fused-ring (bicyclic) bond motifs is 2. The lowest BCUT2D eigenvalue weighted by Gasteiger charge is -2.19. The molecule has 0 aliphatic carbocycles. The van der Waals surface area contributed by atoms with E-state index in [1.54, 1.807) is 0 Å². The van der Waals surface area contributed by atoms with E-state index < -0.39 is 0 Å². The van der Waals surface area contributed by atoms with E-state index >= 15 is 0 Å². The number of rotatable bonds is 4. The Hall–Kier alpha value is -2.62. The molecular weight excluding hydrogens is 332 g/mol. The highest BCUT2D eigenvalue weighted by molar-refractivity contribution is 5.80. The van der Waals surface area contributed by atoms with Crippen molar-refractivity contribution in [3.63, 3.8) is 0 Å². The van der Waals surface area contributed by atoms with Gasteiger partial charge in [-0.3, -0.25) is 9.36 Å². The molecule has 0 bridgehead atoms. The Kier molecular flexibility index (Phi) is 4.29. The standard InChI is InChI=1S/C23H28N4/c1-16(17-6-7-18-14-24-26(5)22(18)13-17)10-11-27-21-9-8-20(23(2,3)4)12-19(21)15-25-27/h6-9,12-16H,10-11H2,1-5H3. The van der Waals surface area contributed by atoms with Crippen molar-refractivity contribution in [1.82, 2.24) is 19.6 Å². The van der Waals surface area contributed by atoms with Crippen LogP contribution in [0.1, 0.15) is 51.2 Å². The molecule has 4 aromatic rings. The Morgan fingerprint density at radius 3 is 2.48 bits per heavy atom. The van der Waals surface area contributed by atoms with Gasteiger partial charge < -0.3 is 0 Å². The molecule has 2 aromatic carbocycles. The third kappa shape index (κ3) is 3.36. The van der Waals surface area contributed by atoms with Gasteiger partial charge in [0.15, 0.2) is 0 Å². The van der Waals surface area contributed by atoms with Gasteiger partial charge >= 0.3 is 0 Å². The number of aryl methyl sites for hydroxylation is 2. The van der Waals surface area contributed by atoms with Crippen molar-refractivity contribution in [3.8, 4) is 0 Å². The summed E-state index contributed by atoms with van der Waals surface area (Å²) in [6, 6.07) is 13.4. The number of benzene rings is 2. The summed E-state index contributed by atoms with van der Waals surface area (Å²) in [6.07, 6.45) is 4.98. The summed E-state index contributed by atoms with van der Waals surface area (Å²) in [4.78, 5) is 0. The van der Waals surface area contributed by atoms with Crippen LogP contribution < -0.4 is 0 Å². The highest BCUT2D eigenvalue weighted by Crippen LogP contribution is 2.27. The molecule has 0 aliphatic rings. The van der Waals surface area contributed by atoms with Gasteiger partial charge in [0, 0.05) is 24.4 Å². The molecule has 140 valence electrons. The first-order valence-electron chi connectivity index (χ1n) is 9.70. The molecule has 0 saturated heterocycles. The summed E-state index contributed by atoms with van der Waals surface area (Å²) in [5.74, 6) is 0.470. The van der Waals surface area contributed by atoms with E-state index in [0.717, 1.165) is 13.0 Å². The van der Waals surface area contributed by atoms with Gasteiger partial charge in [-0.15, -0.1) is 0 Å². The van der Waals surface area contributed by atoms with Crippen LogP contribution in [-0.4, -0.2) is 19.6 Å². The van der Waals surface area contributed by atoms with Crippen LogP contribution >= 0.6 is 0 Å². The molecule has 4 nitrogen and oxygen atoms in total. The summed E-state index contributed by atoms with van der Waals surface area (Å²) in [5, 5.41) is 11.4. The van der Waals surface area contributed by atoms with Crippen molar-refractivity contribution in [2.24, 2.45) is 7.05 Å². The maximum atomic E-state index is 4.64. The fourth-order valence-electron chi connectivity index (χ4n) is 3.68. The molecule has 4 heteroatoms. The van der Waals surface area contributed by atoms with E-state index in [4.69, 9.17) is 0 Å². The minimum Gasteiger partial charge on any atom is -0.268 e. The molecule has 1 unspecified atom stereocenters. The lowest BCUT2D eigenvalue weighted by molar-refractivity contribution is 0.546. The molecule has 27 heavy (non-hydrogen) atoms. The summed E-state index contributed by atoms with van der Waals surface area (Å²) in [5.41, 5.74) is 5.29. The molecule has 0 amide bonds. The average Bonchev–Trinajstić information content (AvgIpc) is 3.22. The molecule has 0 N–H and O–H groups in total. The first kappa shape index (κ1) is 17.8. The van der Waals surface area contributed by atoms with Gasteiger partial charge in [0.1, 0.15) is 0 Å². The summed E-state index contributed by atoms with van der Waals surface area (Å²) in [7, 11) is 2.00. The summed E-state index contributed by atoms with van der Waals surface area (Å²) < 4.78 is 4.08. The molecule has 2 heterocycles. The molecular formula is C23H28N4. The van der Waals surface area contributed by atoms with Crippen molar-refractivity contribution < 1.29 is 0 Å². The summed E-state index contributed by atoms with van der Waals surface area (Å²) >= 11 is 0. The first-order chi connectivity index (χ1) is 12.8. The van der Waals surface area contributed by atoms with Gasteiger partial charge in [-0.05, 0) is 47.1 Å². The van der Waals surface area contributed by atoms with Gasteiger partial charge in [0.2, 0.25) is 0 Å². The van der Waals surface area contributed by atoms with Gasteiger partial charge in [0.05, 0.1) is 23.4 Å². The molecule has 4 rings (SSSR count). The van der Waals surface area contributed by atoms with E-state index in [0.29, 0.717) is 5.92 Å². The van der Waals surface area contributed by atoms with E-state index in [-0.39, 0.29) is 5.41 Å². The van der Waals surface area contributed by atoms with Crippen LogP contribution in [0.25, 0.3) is 21.8 Å². The second-order valence-electron chi connectivity index (χ2n) is 8.67. The van der Waals surface area contributed by atoms with E-state index in [9.17, 15) is 0 Å². The molecule has 1 atom stereocenters. The highest BCUT2D eigenvalue weighted by Gasteiger charge is 2.15. The predicted molar refractivity (Wildman–Crippen MR) is 112 cm³/mol. The van der Waals surface area contributed by atoms with E-state index in [2.05, 4.69) is 79.0 Å². The maximum Gasteiger partial charge on any atom is 0.0682 e. The van der Waals surface area contributed by atoms with Crippen LogP contribution in [0.2, 0.25) is 0 Å². The van der Waals surface area contributed by atoms with E-state index in [1.807, 2.05) is 24.1 Å². The Labute approximate surface area is 160 Å². The van der Waals surface area contributed by atoms with Crippen molar-refractivity contribution in [2.75, 3.05) is 0 Å². The number of nitrogens with zero attached hydrogens (tertiary/aromatic N) is 4. The third-order valence-corrected chi connectivity index (χ3v) is 5.62. The molecule has 0 spiro atoms. The molecule has 2 aromatic heterocycles. The zero-order chi connectivity index (χ0) is 19.2. The van der Waals surface area contributed by atoms with Crippen molar-refractivity contribution >= 4 is 21.8 Å². The normalized spacial score (nSPS) is 13.5. The Morgan fingerprint density at radius 2 is 1.70 bits per heavy atom. The minimum atomic E-state index is 0.162. The lowest BCUT2D eigenvalue weighted by Crippen LogP contribution is -2.10. The maximum absolute atomic E-state index is 4.64. The van der Waals surface area contributed by atoms with Crippen LogP contribution in [0, 0.1) is 0 Å². The number of hydrogen-bond acceptors (Lipinski definition) is 2. The Bertz CT molecular complexity index is 1090. The zero-order valence-corrected chi connectivity index (χ0v) is 16.9. The van der Waals surface area contributed by atoms with Gasteiger partial charge in [-0.25, -0.2) is 0 Å². The molecule has 0 saturated carbocycles. The van der Waals surface area contributed by atoms with Crippen LogP contribution in [0.15, 0.2) is 48.8 Å². The molecule has 0 aliphatic heterocycles. The highest BCUT2D eigenvalue weighted by atomic mass is 15.3. The predicted octanol–water partition coefficient (Wildman–Crippen LogP) is 5.41. The SMILES string of the molecule is CC(CCn1ncc2cc(C(C)(C)C)ccc21)c1ccc2cnn(C)c2c1. The Morgan fingerprint density at radius 1 is 0.926 bits per heavy atom. The van der Waals surface area contributed by atoms with Crippen molar-refractivity contribution in [1.29, 1.82) is 0 Å². The van der Waals surface area contributed by atoms with Crippen molar-refractivity contribution in [3.05, 3.63) is 59.9 Å². The van der Waals surface area contributed by atoms with Crippen LogP contribution in [-0.2, 0) is 19.0 Å². The first-order valence-corrected chi connectivity index (χ1v) is 9.70. The third-order valence-electron chi connectivity index (χ3n) is 5.62. The monoisotopic (exact) mass is 360 g/mol. The quantitative estimate of drug-likeness (QED) is 0.487. The molecule has 0 radical (unpaired) electrons. The topological polar surface area (TPSA) is 35.6 Å². The smallest absolute Gasteiger partial charge is 0.0682 e. The van der Waals surface area contributed by atoms with Crippen LogP contribution in [0.3, 0.4) is 0 Å². The van der Waals surface area contributed by atoms with E-state index in [1.165, 1.54) is 32.9 Å². The van der Waals surface area contributed by atoms with Crippen LogP contribution in [0.4, 0.5) is 0 Å². The molecule has 0 fully saturated rings. The zero-order valence-electron chi connectivity index (χ0n) is 16.9. The Balaban J connectivity index is 1.52. The van der Waals surface area contributed by atoms with Gasteiger partial charge in [0.25, 0.3) is 0 Å². The lowest BCUT2D eigenvalue weighted by atomic mass is 9.86. The number of hydrogen-bond donors (Lipinski definition) is 0. The fraction of sp³-hybridized carbons (Fsp3) is 0.391. The van der Waals surface area contributed by atoms with Crippen molar-refractivity contribution in [2.45, 2.75) is 52.0 Å². The summed E-state index contributed by atoms with van der Waals surface area (Å²) in [6.45, 7) is 9.96.